The second-order valence-electron chi connectivity index (χ2n) is 8.41. The van der Waals surface area contributed by atoms with Crippen LogP contribution in [-0.2, 0) is 13.2 Å². The Morgan fingerprint density at radius 1 is 0.909 bits per heavy atom. The third-order valence-electron chi connectivity index (χ3n) is 6.12. The molecule has 0 amide bonds. The van der Waals surface area contributed by atoms with E-state index in [2.05, 4.69) is 16.3 Å². The van der Waals surface area contributed by atoms with Gasteiger partial charge in [-0.1, -0.05) is 48.9 Å². The SMILES string of the molecule is Fc1ccc(CN(c2ccc(F)c(OCc3ccccc3)c2)c2cc(C3CCC3)[nH]n2)cc1. The van der Waals surface area contributed by atoms with E-state index in [9.17, 15) is 8.78 Å². The van der Waals surface area contributed by atoms with Crippen LogP contribution in [0.15, 0.2) is 78.9 Å². The van der Waals surface area contributed by atoms with Crippen molar-refractivity contribution in [3.8, 4) is 5.75 Å². The first kappa shape index (κ1) is 21.2. The van der Waals surface area contributed by atoms with Gasteiger partial charge < -0.3 is 9.64 Å². The number of ether oxygens (including phenoxy) is 1. The van der Waals surface area contributed by atoms with Gasteiger partial charge in [0, 0.05) is 36.0 Å². The first-order chi connectivity index (χ1) is 16.2. The summed E-state index contributed by atoms with van der Waals surface area (Å²) in [5, 5.41) is 7.72. The molecular formula is C27H25F2N3O. The molecule has 5 rings (SSSR count). The molecule has 1 heterocycles. The number of benzene rings is 3. The van der Waals surface area contributed by atoms with Crippen molar-refractivity contribution < 1.29 is 13.5 Å². The zero-order chi connectivity index (χ0) is 22.6. The number of anilines is 2. The molecule has 0 bridgehead atoms. The van der Waals surface area contributed by atoms with Crippen LogP contribution in [-0.4, -0.2) is 10.2 Å². The molecule has 0 saturated heterocycles. The lowest BCUT2D eigenvalue weighted by Crippen LogP contribution is -2.17. The standard InChI is InChI=1S/C27H25F2N3O/c28-22-11-9-19(10-12-22)17-32(27-16-25(30-31-27)21-7-4-8-21)23-13-14-24(29)26(15-23)33-18-20-5-2-1-3-6-20/h1-3,5-6,9-16,21H,4,7-8,17-18H2,(H,30,31). The van der Waals surface area contributed by atoms with Crippen LogP contribution in [0.2, 0.25) is 0 Å². The number of H-pyrrole nitrogens is 1. The van der Waals surface area contributed by atoms with Crippen LogP contribution in [0, 0.1) is 11.6 Å². The first-order valence-corrected chi connectivity index (χ1v) is 11.2. The van der Waals surface area contributed by atoms with Crippen molar-refractivity contribution in [3.63, 3.8) is 0 Å². The predicted molar refractivity (Wildman–Crippen MR) is 125 cm³/mol. The fourth-order valence-electron chi connectivity index (χ4n) is 3.97. The Kier molecular flexibility index (Phi) is 6.07. The van der Waals surface area contributed by atoms with Crippen LogP contribution in [0.25, 0.3) is 0 Å². The lowest BCUT2D eigenvalue weighted by Gasteiger charge is -2.24. The molecule has 0 spiro atoms. The highest BCUT2D eigenvalue weighted by atomic mass is 19.1. The highest BCUT2D eigenvalue weighted by Gasteiger charge is 2.23. The number of nitrogens with zero attached hydrogens (tertiary/aromatic N) is 2. The first-order valence-electron chi connectivity index (χ1n) is 11.2. The van der Waals surface area contributed by atoms with E-state index in [0.717, 1.165) is 41.2 Å². The molecule has 33 heavy (non-hydrogen) atoms. The quantitative estimate of drug-likeness (QED) is 0.322. The van der Waals surface area contributed by atoms with Crippen molar-refractivity contribution in [1.29, 1.82) is 0 Å². The molecule has 0 atom stereocenters. The number of hydrogen-bond donors (Lipinski definition) is 1. The summed E-state index contributed by atoms with van der Waals surface area (Å²) >= 11 is 0. The smallest absolute Gasteiger partial charge is 0.165 e. The van der Waals surface area contributed by atoms with Gasteiger partial charge >= 0.3 is 0 Å². The second kappa shape index (κ2) is 9.45. The molecule has 1 aliphatic rings. The average Bonchev–Trinajstić information content (AvgIpc) is 3.27. The van der Waals surface area contributed by atoms with Gasteiger partial charge in [-0.2, -0.15) is 5.10 Å². The van der Waals surface area contributed by atoms with Gasteiger partial charge in [0.2, 0.25) is 0 Å². The van der Waals surface area contributed by atoms with Crippen LogP contribution in [0.4, 0.5) is 20.3 Å². The van der Waals surface area contributed by atoms with Crippen molar-refractivity contribution in [2.24, 2.45) is 0 Å². The fraction of sp³-hybridized carbons (Fsp3) is 0.222. The maximum absolute atomic E-state index is 14.6. The summed E-state index contributed by atoms with van der Waals surface area (Å²) in [5.41, 5.74) is 3.74. The molecule has 1 saturated carbocycles. The Hall–Kier alpha value is -3.67. The molecule has 1 N–H and O–H groups in total. The lowest BCUT2D eigenvalue weighted by molar-refractivity contribution is 0.290. The molecule has 1 aromatic heterocycles. The van der Waals surface area contributed by atoms with Crippen LogP contribution in [0.5, 0.6) is 5.75 Å². The van der Waals surface area contributed by atoms with Crippen molar-refractivity contribution in [2.45, 2.75) is 38.3 Å². The van der Waals surface area contributed by atoms with E-state index >= 15 is 0 Å². The van der Waals surface area contributed by atoms with E-state index in [0.29, 0.717) is 12.5 Å². The summed E-state index contributed by atoms with van der Waals surface area (Å²) in [6.45, 7) is 0.729. The van der Waals surface area contributed by atoms with Gasteiger partial charge in [0.25, 0.3) is 0 Å². The Morgan fingerprint density at radius 3 is 2.42 bits per heavy atom. The summed E-state index contributed by atoms with van der Waals surface area (Å²) in [6.07, 6.45) is 3.56. The number of hydrogen-bond acceptors (Lipinski definition) is 3. The summed E-state index contributed by atoms with van der Waals surface area (Å²) in [4.78, 5) is 1.99. The molecule has 3 aromatic carbocycles. The summed E-state index contributed by atoms with van der Waals surface area (Å²) < 4.78 is 33.8. The molecule has 6 heteroatoms. The monoisotopic (exact) mass is 445 g/mol. The number of nitrogens with one attached hydrogen (secondary N) is 1. The molecule has 0 unspecified atom stereocenters. The zero-order valence-electron chi connectivity index (χ0n) is 18.2. The Balaban J connectivity index is 1.44. The number of aromatic amines is 1. The van der Waals surface area contributed by atoms with Crippen molar-refractivity contribution in [2.75, 3.05) is 4.90 Å². The second-order valence-corrected chi connectivity index (χ2v) is 8.41. The average molecular weight is 446 g/mol. The van der Waals surface area contributed by atoms with E-state index in [1.54, 1.807) is 24.3 Å². The fourth-order valence-corrected chi connectivity index (χ4v) is 3.97. The Morgan fingerprint density at radius 2 is 1.70 bits per heavy atom. The van der Waals surface area contributed by atoms with Gasteiger partial charge in [-0.25, -0.2) is 8.78 Å². The lowest BCUT2D eigenvalue weighted by atomic mass is 9.83. The molecular weight excluding hydrogens is 420 g/mol. The predicted octanol–water partition coefficient (Wildman–Crippen LogP) is 6.87. The van der Waals surface area contributed by atoms with E-state index in [1.807, 2.05) is 35.2 Å². The highest BCUT2D eigenvalue weighted by Crippen LogP contribution is 2.38. The Labute approximate surface area is 191 Å². The normalized spacial score (nSPS) is 13.5. The van der Waals surface area contributed by atoms with Crippen LogP contribution in [0.3, 0.4) is 0 Å². The molecule has 1 aliphatic carbocycles. The highest BCUT2D eigenvalue weighted by molar-refractivity contribution is 5.62. The number of aromatic nitrogens is 2. The van der Waals surface area contributed by atoms with E-state index < -0.39 is 5.82 Å². The van der Waals surface area contributed by atoms with Gasteiger partial charge in [-0.3, -0.25) is 5.10 Å². The van der Waals surface area contributed by atoms with E-state index in [-0.39, 0.29) is 18.2 Å². The van der Waals surface area contributed by atoms with Gasteiger partial charge in [0.05, 0.1) is 0 Å². The summed E-state index contributed by atoms with van der Waals surface area (Å²) in [5.74, 6) is 0.721. The zero-order valence-corrected chi connectivity index (χ0v) is 18.2. The molecule has 1 fully saturated rings. The van der Waals surface area contributed by atoms with Crippen molar-refractivity contribution >= 4 is 11.5 Å². The molecule has 0 radical (unpaired) electrons. The minimum atomic E-state index is -0.423. The van der Waals surface area contributed by atoms with E-state index in [1.165, 1.54) is 24.6 Å². The molecule has 0 aliphatic heterocycles. The van der Waals surface area contributed by atoms with Crippen LogP contribution < -0.4 is 9.64 Å². The third kappa shape index (κ3) is 4.90. The molecule has 4 aromatic rings. The maximum atomic E-state index is 14.6. The Bertz CT molecular complexity index is 1200. The molecule has 168 valence electrons. The van der Waals surface area contributed by atoms with Gasteiger partial charge in [0.15, 0.2) is 17.4 Å². The minimum absolute atomic E-state index is 0.176. The number of rotatable bonds is 8. The number of halogens is 2. The van der Waals surface area contributed by atoms with Crippen LogP contribution in [0.1, 0.15) is 42.0 Å². The maximum Gasteiger partial charge on any atom is 0.165 e. The van der Waals surface area contributed by atoms with Crippen molar-refractivity contribution in [3.05, 3.63) is 107 Å². The largest absolute Gasteiger partial charge is 0.486 e. The van der Waals surface area contributed by atoms with Gasteiger partial charge in [0.1, 0.15) is 12.4 Å². The van der Waals surface area contributed by atoms with Gasteiger partial charge in [-0.15, -0.1) is 0 Å². The van der Waals surface area contributed by atoms with Crippen molar-refractivity contribution in [1.82, 2.24) is 10.2 Å². The summed E-state index contributed by atoms with van der Waals surface area (Å²) in [7, 11) is 0. The van der Waals surface area contributed by atoms with Crippen LogP contribution >= 0.6 is 0 Å². The topological polar surface area (TPSA) is 41.1 Å². The van der Waals surface area contributed by atoms with E-state index in [4.69, 9.17) is 4.74 Å². The third-order valence-corrected chi connectivity index (χ3v) is 6.12. The summed E-state index contributed by atoms with van der Waals surface area (Å²) in [6, 6.07) is 22.9. The molecule has 4 nitrogen and oxygen atoms in total. The van der Waals surface area contributed by atoms with Gasteiger partial charge in [-0.05, 0) is 48.2 Å². The minimum Gasteiger partial charge on any atom is -0.486 e.